The van der Waals surface area contributed by atoms with Gasteiger partial charge in [0.2, 0.25) is 11.8 Å². The Kier molecular flexibility index (Phi) is 16.1. The predicted octanol–water partition coefficient (Wildman–Crippen LogP) is 8.97. The Morgan fingerprint density at radius 1 is 0.940 bits per heavy atom. The lowest BCUT2D eigenvalue weighted by Crippen LogP contribution is -2.61. The van der Waals surface area contributed by atoms with Crippen molar-refractivity contribution in [2.75, 3.05) is 56.2 Å². The first-order valence-electron chi connectivity index (χ1n) is 29.8. The summed E-state index contributed by atoms with van der Waals surface area (Å²) in [6.45, 7) is 14.1. The summed E-state index contributed by atoms with van der Waals surface area (Å²) in [5.74, 6) is -0.861. The number of halogens is 1. The summed E-state index contributed by atoms with van der Waals surface area (Å²) in [6, 6.07) is 20.4. The number of hydrogen-bond acceptors (Lipinski definition) is 16. The highest BCUT2D eigenvalue weighted by molar-refractivity contribution is 7.13. The number of nitrogens with zero attached hydrogens (tertiary/aromatic N) is 10. The SMILES string of the molecule is CCc1cccc2cccc(-c3ncc4c(N5CC6CCC(C5)N6)nc(OC[C@@H]5CC[C@@H](CC6[C@@H](C)N(c7cc([C@H](C(=O)N8C[C@H](O)C[C@H]8C(=O)N[C@@H](C)c8ccc(-c9scnc9C)cc8)C(C)C)on7)CCN6C(=O)O)N5C)nc4c3F)c12. The van der Waals surface area contributed by atoms with Crippen LogP contribution in [0.1, 0.15) is 108 Å². The average Bonchev–Trinajstić information content (AvgIpc) is 3.63. The van der Waals surface area contributed by atoms with Crippen molar-refractivity contribution in [3.05, 3.63) is 107 Å². The van der Waals surface area contributed by atoms with Gasteiger partial charge in [-0.3, -0.25) is 19.5 Å². The van der Waals surface area contributed by atoms with Gasteiger partial charge in [0.15, 0.2) is 17.4 Å². The van der Waals surface area contributed by atoms with Gasteiger partial charge in [0, 0.05) is 87.2 Å². The smallest absolute Gasteiger partial charge is 0.407 e. The quantitative estimate of drug-likeness (QED) is 0.0710. The molecule has 5 aliphatic rings. The number of carbonyl (C=O) groups excluding carboxylic acids is 2. The molecular weight excluding hydrogens is 1090 g/mol. The molecule has 84 heavy (non-hydrogen) atoms. The van der Waals surface area contributed by atoms with E-state index >= 15 is 4.39 Å². The van der Waals surface area contributed by atoms with Gasteiger partial charge >= 0.3 is 12.1 Å². The number of aliphatic hydroxyl groups excluding tert-OH is 1. The Balaban J connectivity index is 0.731. The summed E-state index contributed by atoms with van der Waals surface area (Å²) >= 11 is 1.58. The van der Waals surface area contributed by atoms with E-state index in [4.69, 9.17) is 24.2 Å². The number of aromatic nitrogens is 5. The Hall–Kier alpha value is -7.33. The van der Waals surface area contributed by atoms with Crippen LogP contribution in [-0.4, -0.2) is 163 Å². The number of β-amino-alcohol motifs (C(OH)–C–C–N with tert-alkyl or cyclic N) is 1. The van der Waals surface area contributed by atoms with Crippen LogP contribution >= 0.6 is 11.3 Å². The number of thiazole rings is 1. The fraction of sp³-hybridized carbons (Fsp3) is 0.492. The van der Waals surface area contributed by atoms with Gasteiger partial charge in [0.25, 0.3) is 0 Å². The Bertz CT molecular complexity index is 3560. The number of likely N-dealkylation sites (tertiary alicyclic amines) is 2. The van der Waals surface area contributed by atoms with E-state index in [9.17, 15) is 24.6 Å². The van der Waals surface area contributed by atoms with Crippen LogP contribution in [0.25, 0.3) is 43.4 Å². The Labute approximate surface area is 492 Å². The lowest BCUT2D eigenvalue weighted by Gasteiger charge is -2.46. The van der Waals surface area contributed by atoms with E-state index in [-0.39, 0.29) is 85.2 Å². The molecule has 10 atom stereocenters. The number of ether oxygens (including phenoxy) is 1. The normalized spacial score (nSPS) is 24.4. The average molecular weight is 1160 g/mol. The van der Waals surface area contributed by atoms with Crippen molar-refractivity contribution in [2.45, 2.75) is 147 Å². The Morgan fingerprint density at radius 3 is 2.40 bits per heavy atom. The van der Waals surface area contributed by atoms with Crippen LogP contribution in [0.3, 0.4) is 0 Å². The summed E-state index contributed by atoms with van der Waals surface area (Å²) in [5.41, 5.74) is 6.95. The van der Waals surface area contributed by atoms with Crippen molar-refractivity contribution in [2.24, 2.45) is 5.92 Å². The number of carboxylic acid groups (broad SMARTS) is 1. The van der Waals surface area contributed by atoms with E-state index in [0.29, 0.717) is 53.4 Å². The molecule has 4 N–H and O–H groups in total. The number of rotatable bonds is 16. The molecule has 0 radical (unpaired) electrons. The molecule has 0 aliphatic carbocycles. The molecule has 442 valence electrons. The number of piperazine rings is 2. The molecule has 4 aromatic heterocycles. The zero-order chi connectivity index (χ0) is 58.7. The number of amides is 3. The number of benzene rings is 3. The maximum atomic E-state index is 17.3. The summed E-state index contributed by atoms with van der Waals surface area (Å²) in [5, 5.41) is 35.4. The van der Waals surface area contributed by atoms with Crippen LogP contribution in [0.5, 0.6) is 6.01 Å². The zero-order valence-corrected chi connectivity index (χ0v) is 49.6. The second-order valence-electron chi connectivity index (χ2n) is 24.1. The molecule has 19 nitrogen and oxygen atoms in total. The molecule has 5 saturated heterocycles. The van der Waals surface area contributed by atoms with Gasteiger partial charge in [-0.1, -0.05) is 86.6 Å². The van der Waals surface area contributed by atoms with E-state index in [1.165, 1.54) is 9.80 Å². The van der Waals surface area contributed by atoms with Gasteiger partial charge < -0.3 is 49.7 Å². The van der Waals surface area contributed by atoms with Crippen LogP contribution in [0.4, 0.5) is 20.8 Å². The molecule has 0 saturated carbocycles. The third-order valence-corrected chi connectivity index (χ3v) is 19.6. The molecule has 3 aromatic carbocycles. The molecule has 3 unspecified atom stereocenters. The zero-order valence-electron chi connectivity index (χ0n) is 48.7. The molecule has 7 aromatic rings. The van der Waals surface area contributed by atoms with E-state index in [1.807, 2.05) is 102 Å². The molecule has 0 spiro atoms. The standard InChI is InChI=1S/C63H75FN12O7S/c1-8-38-11-9-12-40-13-10-14-47(54(38)40)56-55(64)57-48(28-65-56)59(73-29-42-19-20-43(30-73)68-42)70-62(69-57)82-32-45-22-21-44(72(45)7)25-49-37(6)74(23-24-75(49)63(80)81)52-27-51(83-71-52)53(34(2)3)61(79)76-31-46(77)26-50(76)60(78)67-35(4)39-15-17-41(18-16-39)58-36(5)66-33-84-58/h9-18,27-28,33-35,37,42-46,49-50,53,68,77H,8,19-26,29-32H2,1-7H3,(H,67,78)(H,80,81)/t35-,37+,42?,43?,44-,45-,46+,49?,50-,53+/m0/s1. The van der Waals surface area contributed by atoms with Crippen LogP contribution < -0.4 is 25.2 Å². The van der Waals surface area contributed by atoms with Crippen molar-refractivity contribution >= 4 is 62.6 Å². The second kappa shape index (κ2) is 23.6. The minimum Gasteiger partial charge on any atom is -0.465 e. The van der Waals surface area contributed by atoms with Crippen molar-refractivity contribution in [1.82, 2.24) is 50.4 Å². The first kappa shape index (κ1) is 57.1. The maximum absolute atomic E-state index is 17.3. The third kappa shape index (κ3) is 10.9. The lowest BCUT2D eigenvalue weighted by atomic mass is 9.91. The fourth-order valence-corrected chi connectivity index (χ4v) is 14.8. The van der Waals surface area contributed by atoms with E-state index < -0.39 is 36.0 Å². The van der Waals surface area contributed by atoms with Gasteiger partial charge in [-0.25, -0.2) is 14.2 Å². The van der Waals surface area contributed by atoms with Crippen LogP contribution in [0.2, 0.25) is 0 Å². The summed E-state index contributed by atoms with van der Waals surface area (Å²) in [7, 11) is 2.04. The molecule has 5 aliphatic heterocycles. The monoisotopic (exact) mass is 1160 g/mol. The second-order valence-corrected chi connectivity index (χ2v) is 25.0. The summed E-state index contributed by atoms with van der Waals surface area (Å²) in [4.78, 5) is 71.3. The first-order chi connectivity index (χ1) is 40.5. The number of fused-ring (bicyclic) bond motifs is 4. The number of likely N-dealkylation sites (N-methyl/N-ethyl adjacent to an activating group) is 1. The largest absolute Gasteiger partial charge is 0.465 e. The molecule has 21 heteroatoms. The fourth-order valence-electron chi connectivity index (χ4n) is 14.0. The predicted molar refractivity (Wildman–Crippen MR) is 321 cm³/mol. The lowest BCUT2D eigenvalue weighted by molar-refractivity contribution is -0.141. The number of anilines is 2. The minimum absolute atomic E-state index is 0.00176. The first-order valence-corrected chi connectivity index (χ1v) is 30.7. The van der Waals surface area contributed by atoms with Gasteiger partial charge in [-0.2, -0.15) is 9.97 Å². The number of carbonyl (C=O) groups is 3. The number of nitrogens with one attached hydrogen (secondary N) is 2. The van der Waals surface area contributed by atoms with Crippen LogP contribution in [-0.2, 0) is 16.0 Å². The van der Waals surface area contributed by atoms with Crippen LogP contribution in [0, 0.1) is 18.7 Å². The topological polar surface area (TPSA) is 219 Å². The van der Waals surface area contributed by atoms with Crippen molar-refractivity contribution in [3.63, 3.8) is 0 Å². The third-order valence-electron chi connectivity index (χ3n) is 18.7. The molecule has 3 amide bonds. The number of hydrogen-bond donors (Lipinski definition) is 4. The van der Waals surface area contributed by atoms with E-state index in [0.717, 1.165) is 83.2 Å². The van der Waals surface area contributed by atoms with Crippen molar-refractivity contribution in [1.29, 1.82) is 0 Å². The van der Waals surface area contributed by atoms with E-state index in [2.05, 4.69) is 48.5 Å². The minimum atomic E-state index is -1.00. The summed E-state index contributed by atoms with van der Waals surface area (Å²) in [6.07, 6.45) is 4.93. The molecule has 9 heterocycles. The number of aryl methyl sites for hydroxylation is 2. The van der Waals surface area contributed by atoms with E-state index in [1.54, 1.807) is 23.6 Å². The molecular formula is C63H75FN12O7S. The number of pyridine rings is 1. The number of aliphatic hydroxyl groups is 1. The maximum Gasteiger partial charge on any atom is 0.407 e. The highest BCUT2D eigenvalue weighted by atomic mass is 32.1. The Morgan fingerprint density at radius 2 is 1.69 bits per heavy atom. The van der Waals surface area contributed by atoms with Gasteiger partial charge in [0.1, 0.15) is 35.6 Å². The molecule has 12 rings (SSSR count). The van der Waals surface area contributed by atoms with Crippen molar-refractivity contribution < 1.29 is 38.2 Å². The van der Waals surface area contributed by atoms with Crippen LogP contribution in [0.15, 0.2) is 83.0 Å². The van der Waals surface area contributed by atoms with Crippen molar-refractivity contribution in [3.8, 4) is 27.7 Å². The van der Waals surface area contributed by atoms with Gasteiger partial charge in [0.05, 0.1) is 39.7 Å². The highest BCUT2D eigenvalue weighted by Gasteiger charge is 2.46. The molecule has 5 fully saturated rings. The highest BCUT2D eigenvalue weighted by Crippen LogP contribution is 2.40. The van der Waals surface area contributed by atoms with Gasteiger partial charge in [-0.15, -0.1) is 11.3 Å². The molecule has 2 bridgehead atoms. The summed E-state index contributed by atoms with van der Waals surface area (Å²) < 4.78 is 29.9. The van der Waals surface area contributed by atoms with Gasteiger partial charge in [-0.05, 0) is 99.7 Å².